The zero-order valence-corrected chi connectivity index (χ0v) is 12.6. The van der Waals surface area contributed by atoms with Gasteiger partial charge in [-0.05, 0) is 35.9 Å². The van der Waals surface area contributed by atoms with Gasteiger partial charge < -0.3 is 5.73 Å². The van der Waals surface area contributed by atoms with E-state index in [-0.39, 0.29) is 6.04 Å². The lowest BCUT2D eigenvalue weighted by molar-refractivity contribution is 0.557. The summed E-state index contributed by atoms with van der Waals surface area (Å²) in [5.41, 5.74) is 10.5. The molecular formula is C12H13BrClN3S. The molecule has 1 aromatic heterocycles. The quantitative estimate of drug-likeness (QED) is 0.451. The first-order valence-electron chi connectivity index (χ1n) is 5.35. The number of halogens is 2. The molecule has 0 aliphatic heterocycles. The Morgan fingerprint density at radius 1 is 1.33 bits per heavy atom. The van der Waals surface area contributed by atoms with Crippen molar-refractivity contribution in [1.82, 2.24) is 5.43 Å². The summed E-state index contributed by atoms with van der Waals surface area (Å²) in [4.78, 5) is 1.17. The molecule has 2 aromatic rings. The van der Waals surface area contributed by atoms with E-state index in [1.807, 2.05) is 30.3 Å². The minimum Gasteiger partial charge on any atom is -0.398 e. The van der Waals surface area contributed by atoms with Crippen LogP contribution in [0.3, 0.4) is 0 Å². The summed E-state index contributed by atoms with van der Waals surface area (Å²) in [5.74, 6) is 5.63. The number of nitrogens with one attached hydrogen (secondary N) is 1. The topological polar surface area (TPSA) is 64.1 Å². The maximum atomic E-state index is 5.99. The van der Waals surface area contributed by atoms with Crippen molar-refractivity contribution in [2.45, 2.75) is 12.5 Å². The number of benzene rings is 1. The standard InChI is InChI=1S/C12H13BrClN3S/c13-7-1-3-10(15)9(5-7)11(17-16)6-8-2-4-12(14)18-8/h1-5,11,17H,6,15-16H2. The highest BCUT2D eigenvalue weighted by atomic mass is 79.9. The Bertz CT molecular complexity index is 544. The van der Waals surface area contributed by atoms with Crippen LogP contribution in [0.5, 0.6) is 0 Å². The van der Waals surface area contributed by atoms with Gasteiger partial charge in [-0.2, -0.15) is 0 Å². The molecular weight excluding hydrogens is 334 g/mol. The van der Waals surface area contributed by atoms with Crippen LogP contribution in [-0.2, 0) is 6.42 Å². The summed E-state index contributed by atoms with van der Waals surface area (Å²) >= 11 is 10.9. The van der Waals surface area contributed by atoms with E-state index < -0.39 is 0 Å². The summed E-state index contributed by atoms with van der Waals surface area (Å²) in [5, 5.41) is 0. The van der Waals surface area contributed by atoms with Gasteiger partial charge in [0.05, 0.1) is 10.4 Å². The first kappa shape index (κ1) is 13.8. The molecule has 0 fully saturated rings. The van der Waals surface area contributed by atoms with E-state index in [9.17, 15) is 0 Å². The summed E-state index contributed by atoms with van der Waals surface area (Å²) in [6, 6.07) is 9.62. The molecule has 2 rings (SSSR count). The molecule has 1 unspecified atom stereocenters. The van der Waals surface area contributed by atoms with Gasteiger partial charge in [-0.15, -0.1) is 11.3 Å². The maximum absolute atomic E-state index is 5.99. The third-order valence-corrected chi connectivity index (χ3v) is 4.41. The highest BCUT2D eigenvalue weighted by Crippen LogP contribution is 2.30. The summed E-state index contributed by atoms with van der Waals surface area (Å²) in [6.07, 6.45) is 0.758. The molecule has 1 atom stereocenters. The Balaban J connectivity index is 2.25. The zero-order valence-electron chi connectivity index (χ0n) is 9.49. The molecule has 1 aromatic carbocycles. The SMILES string of the molecule is NNC(Cc1ccc(Cl)s1)c1cc(Br)ccc1N. The smallest absolute Gasteiger partial charge is 0.0931 e. The Kier molecular flexibility index (Phi) is 4.64. The lowest BCUT2D eigenvalue weighted by Gasteiger charge is -2.17. The highest BCUT2D eigenvalue weighted by Gasteiger charge is 2.15. The van der Waals surface area contributed by atoms with E-state index in [0.717, 1.165) is 26.5 Å². The Hall–Kier alpha value is -0.590. The van der Waals surface area contributed by atoms with Gasteiger partial charge in [0, 0.05) is 21.5 Å². The molecule has 0 amide bonds. The Morgan fingerprint density at radius 2 is 2.11 bits per heavy atom. The van der Waals surface area contributed by atoms with Crippen molar-refractivity contribution in [2.24, 2.45) is 5.84 Å². The van der Waals surface area contributed by atoms with Crippen molar-refractivity contribution in [1.29, 1.82) is 0 Å². The van der Waals surface area contributed by atoms with Crippen LogP contribution in [0.25, 0.3) is 0 Å². The lowest BCUT2D eigenvalue weighted by atomic mass is 10.0. The number of hydrogen-bond donors (Lipinski definition) is 3. The van der Waals surface area contributed by atoms with Gasteiger partial charge in [-0.3, -0.25) is 11.3 Å². The zero-order chi connectivity index (χ0) is 13.1. The molecule has 3 nitrogen and oxygen atoms in total. The molecule has 18 heavy (non-hydrogen) atoms. The number of nitrogen functional groups attached to an aromatic ring is 1. The van der Waals surface area contributed by atoms with Crippen LogP contribution in [0.1, 0.15) is 16.5 Å². The van der Waals surface area contributed by atoms with Crippen molar-refractivity contribution >= 4 is 44.6 Å². The van der Waals surface area contributed by atoms with Crippen LogP contribution in [0, 0.1) is 0 Å². The number of nitrogens with two attached hydrogens (primary N) is 2. The van der Waals surface area contributed by atoms with Gasteiger partial charge >= 0.3 is 0 Å². The number of rotatable bonds is 4. The largest absolute Gasteiger partial charge is 0.398 e. The van der Waals surface area contributed by atoms with Crippen LogP contribution in [0.4, 0.5) is 5.69 Å². The number of anilines is 1. The van der Waals surface area contributed by atoms with E-state index in [0.29, 0.717) is 0 Å². The predicted molar refractivity (Wildman–Crippen MR) is 81.7 cm³/mol. The summed E-state index contributed by atoms with van der Waals surface area (Å²) in [7, 11) is 0. The lowest BCUT2D eigenvalue weighted by Crippen LogP contribution is -2.30. The fourth-order valence-electron chi connectivity index (χ4n) is 1.77. The Morgan fingerprint density at radius 3 is 2.72 bits per heavy atom. The molecule has 96 valence electrons. The van der Waals surface area contributed by atoms with E-state index in [4.69, 9.17) is 23.2 Å². The van der Waals surface area contributed by atoms with Gasteiger partial charge in [-0.25, -0.2) is 0 Å². The minimum absolute atomic E-state index is 0.0304. The molecule has 5 N–H and O–H groups in total. The fourth-order valence-corrected chi connectivity index (χ4v) is 3.28. The molecule has 0 saturated carbocycles. The average Bonchev–Trinajstić information content (AvgIpc) is 2.75. The maximum Gasteiger partial charge on any atom is 0.0931 e. The van der Waals surface area contributed by atoms with Gasteiger partial charge in [0.2, 0.25) is 0 Å². The normalized spacial score (nSPS) is 12.6. The van der Waals surface area contributed by atoms with Gasteiger partial charge in [0.1, 0.15) is 0 Å². The van der Waals surface area contributed by atoms with Gasteiger partial charge in [0.25, 0.3) is 0 Å². The van der Waals surface area contributed by atoms with Crippen LogP contribution in [0.2, 0.25) is 4.34 Å². The third-order valence-electron chi connectivity index (χ3n) is 2.66. The van der Waals surface area contributed by atoms with Crippen molar-refractivity contribution in [3.63, 3.8) is 0 Å². The van der Waals surface area contributed by atoms with E-state index in [1.165, 1.54) is 4.88 Å². The fraction of sp³-hybridized carbons (Fsp3) is 0.167. The molecule has 0 aliphatic rings. The summed E-state index contributed by atoms with van der Waals surface area (Å²) in [6.45, 7) is 0. The highest BCUT2D eigenvalue weighted by molar-refractivity contribution is 9.10. The third kappa shape index (κ3) is 3.24. The number of thiophene rings is 1. The minimum atomic E-state index is -0.0304. The first-order chi connectivity index (χ1) is 8.60. The van der Waals surface area contributed by atoms with Crippen molar-refractivity contribution < 1.29 is 0 Å². The molecule has 6 heteroatoms. The molecule has 0 spiro atoms. The second-order valence-electron chi connectivity index (χ2n) is 3.90. The van der Waals surface area contributed by atoms with Crippen LogP contribution >= 0.6 is 38.9 Å². The second kappa shape index (κ2) is 6.04. The van der Waals surface area contributed by atoms with Crippen molar-refractivity contribution in [3.8, 4) is 0 Å². The second-order valence-corrected chi connectivity index (χ2v) is 6.62. The van der Waals surface area contributed by atoms with Gasteiger partial charge in [0.15, 0.2) is 0 Å². The van der Waals surface area contributed by atoms with E-state index in [2.05, 4.69) is 21.4 Å². The molecule has 0 bridgehead atoms. The average molecular weight is 347 g/mol. The van der Waals surface area contributed by atoms with Crippen molar-refractivity contribution in [3.05, 3.63) is 49.6 Å². The number of hydrogen-bond acceptors (Lipinski definition) is 4. The van der Waals surface area contributed by atoms with Gasteiger partial charge in [-0.1, -0.05) is 27.5 Å². The molecule has 0 aliphatic carbocycles. The predicted octanol–water partition coefficient (Wildman–Crippen LogP) is 3.49. The molecule has 0 saturated heterocycles. The Labute approximate surface area is 123 Å². The van der Waals surface area contributed by atoms with E-state index in [1.54, 1.807) is 11.3 Å². The number of hydrazine groups is 1. The monoisotopic (exact) mass is 345 g/mol. The molecule has 1 heterocycles. The van der Waals surface area contributed by atoms with Crippen LogP contribution < -0.4 is 17.0 Å². The summed E-state index contributed by atoms with van der Waals surface area (Å²) < 4.78 is 1.76. The van der Waals surface area contributed by atoms with E-state index >= 15 is 0 Å². The van der Waals surface area contributed by atoms with Crippen LogP contribution in [-0.4, -0.2) is 0 Å². The molecule has 0 radical (unpaired) electrons. The first-order valence-corrected chi connectivity index (χ1v) is 7.34. The van der Waals surface area contributed by atoms with Crippen LogP contribution in [0.15, 0.2) is 34.8 Å². The van der Waals surface area contributed by atoms with Crippen molar-refractivity contribution in [2.75, 3.05) is 5.73 Å².